The van der Waals surface area contributed by atoms with Crippen molar-refractivity contribution in [1.29, 1.82) is 0 Å². The minimum atomic E-state index is -3.95. The van der Waals surface area contributed by atoms with E-state index in [1.54, 1.807) is 61.7 Å². The second-order valence-electron chi connectivity index (χ2n) is 9.05. The van der Waals surface area contributed by atoms with Gasteiger partial charge in [-0.3, -0.25) is 9.10 Å². The smallest absolute Gasteiger partial charge is 0.264 e. The summed E-state index contributed by atoms with van der Waals surface area (Å²) < 4.78 is 33.7. The van der Waals surface area contributed by atoms with Gasteiger partial charge in [0.05, 0.1) is 23.7 Å². The average Bonchev–Trinajstić information content (AvgIpc) is 2.82. The number of sulfonamides is 1. The van der Waals surface area contributed by atoms with Gasteiger partial charge in [-0.05, 0) is 79.8 Å². The van der Waals surface area contributed by atoms with E-state index in [4.69, 9.17) is 4.74 Å². The Bertz CT molecular complexity index is 1270. The Labute approximate surface area is 209 Å². The van der Waals surface area contributed by atoms with Crippen LogP contribution in [0, 0.1) is 13.8 Å². The molecule has 7 heteroatoms. The van der Waals surface area contributed by atoms with E-state index in [1.165, 1.54) is 0 Å². The molecule has 0 aromatic heterocycles. The van der Waals surface area contributed by atoms with Crippen LogP contribution in [0.5, 0.6) is 5.75 Å². The van der Waals surface area contributed by atoms with Crippen LogP contribution in [0.2, 0.25) is 0 Å². The number of rotatable bonds is 9. The van der Waals surface area contributed by atoms with E-state index in [1.807, 2.05) is 26.8 Å². The summed E-state index contributed by atoms with van der Waals surface area (Å²) in [6.07, 6.45) is 0. The summed E-state index contributed by atoms with van der Waals surface area (Å²) in [6.45, 7) is 9.62. The monoisotopic (exact) mass is 494 g/mol. The van der Waals surface area contributed by atoms with E-state index < -0.39 is 15.9 Å². The number of aryl methyl sites for hydroxylation is 2. The Balaban J connectivity index is 1.89. The van der Waals surface area contributed by atoms with Crippen LogP contribution < -0.4 is 14.4 Å². The molecule has 0 aliphatic carbocycles. The molecule has 1 unspecified atom stereocenters. The summed E-state index contributed by atoms with van der Waals surface area (Å²) in [4.78, 5) is 13.3. The number of amides is 1. The lowest BCUT2D eigenvalue weighted by atomic mass is 9.93. The second-order valence-corrected chi connectivity index (χ2v) is 10.9. The first kappa shape index (κ1) is 26.3. The van der Waals surface area contributed by atoms with Crippen LogP contribution in [-0.2, 0) is 14.8 Å². The molecule has 0 aliphatic heterocycles. The minimum absolute atomic E-state index is 0.139. The number of benzene rings is 3. The predicted molar refractivity (Wildman–Crippen MR) is 141 cm³/mol. The predicted octanol–water partition coefficient (Wildman–Crippen LogP) is 5.51. The van der Waals surface area contributed by atoms with E-state index in [2.05, 4.69) is 25.2 Å². The summed E-state index contributed by atoms with van der Waals surface area (Å²) in [6, 6.07) is 19.0. The highest BCUT2D eigenvalue weighted by atomic mass is 32.2. The molecule has 0 radical (unpaired) electrons. The van der Waals surface area contributed by atoms with Crippen molar-refractivity contribution in [2.75, 3.05) is 18.0 Å². The summed E-state index contributed by atoms with van der Waals surface area (Å²) >= 11 is 0. The van der Waals surface area contributed by atoms with Crippen LogP contribution >= 0.6 is 0 Å². The van der Waals surface area contributed by atoms with Gasteiger partial charge in [0.2, 0.25) is 5.91 Å². The van der Waals surface area contributed by atoms with Crippen molar-refractivity contribution >= 4 is 21.6 Å². The lowest BCUT2D eigenvalue weighted by molar-refractivity contribution is -0.120. The average molecular weight is 495 g/mol. The molecule has 1 atom stereocenters. The van der Waals surface area contributed by atoms with Gasteiger partial charge in [-0.2, -0.15) is 0 Å². The SMILES string of the molecule is COc1cc(C)c(C(C)NC(=O)CN(c2ccccc2)S(=O)(=O)c2ccc(C)cc2)cc1C(C)C. The molecule has 186 valence electrons. The number of para-hydroxylation sites is 1. The first-order valence-electron chi connectivity index (χ1n) is 11.7. The maximum absolute atomic E-state index is 13.5. The Kier molecular flexibility index (Phi) is 8.22. The number of hydrogen-bond acceptors (Lipinski definition) is 4. The third-order valence-electron chi connectivity index (χ3n) is 6.02. The van der Waals surface area contributed by atoms with Gasteiger partial charge in [0.25, 0.3) is 10.0 Å². The molecule has 0 heterocycles. The van der Waals surface area contributed by atoms with Gasteiger partial charge in [0, 0.05) is 0 Å². The molecule has 0 saturated heterocycles. The number of methoxy groups -OCH3 is 1. The molecule has 0 aliphatic rings. The first-order chi connectivity index (χ1) is 16.5. The normalized spacial score (nSPS) is 12.3. The summed E-state index contributed by atoms with van der Waals surface area (Å²) in [5.41, 5.74) is 4.40. The number of nitrogens with one attached hydrogen (secondary N) is 1. The Morgan fingerprint density at radius 1 is 0.943 bits per heavy atom. The molecule has 3 rings (SSSR count). The lowest BCUT2D eigenvalue weighted by Gasteiger charge is -2.26. The quantitative estimate of drug-likeness (QED) is 0.426. The van der Waals surface area contributed by atoms with Gasteiger partial charge in [0.1, 0.15) is 12.3 Å². The molecule has 3 aromatic rings. The number of hydrogen-bond donors (Lipinski definition) is 1. The Morgan fingerprint density at radius 2 is 1.57 bits per heavy atom. The first-order valence-corrected chi connectivity index (χ1v) is 13.1. The number of ether oxygens (including phenoxy) is 1. The van der Waals surface area contributed by atoms with Crippen LogP contribution in [-0.4, -0.2) is 28.0 Å². The van der Waals surface area contributed by atoms with Gasteiger partial charge in [0.15, 0.2) is 0 Å². The summed E-state index contributed by atoms with van der Waals surface area (Å²) in [7, 11) is -2.29. The van der Waals surface area contributed by atoms with Gasteiger partial charge in [-0.1, -0.05) is 49.7 Å². The summed E-state index contributed by atoms with van der Waals surface area (Å²) in [5, 5.41) is 2.99. The Hall–Kier alpha value is -3.32. The molecule has 0 saturated carbocycles. The van der Waals surface area contributed by atoms with Crippen molar-refractivity contribution in [3.8, 4) is 5.75 Å². The van der Waals surface area contributed by atoms with Crippen LogP contribution in [0.3, 0.4) is 0 Å². The van der Waals surface area contributed by atoms with Crippen molar-refractivity contribution in [3.63, 3.8) is 0 Å². The highest BCUT2D eigenvalue weighted by Crippen LogP contribution is 2.32. The molecular weight excluding hydrogens is 460 g/mol. The van der Waals surface area contributed by atoms with Gasteiger partial charge in [-0.15, -0.1) is 0 Å². The van der Waals surface area contributed by atoms with Crippen LogP contribution in [0.15, 0.2) is 71.6 Å². The van der Waals surface area contributed by atoms with E-state index in [0.717, 1.165) is 32.3 Å². The fraction of sp³-hybridized carbons (Fsp3) is 0.321. The van der Waals surface area contributed by atoms with Crippen LogP contribution in [0.4, 0.5) is 5.69 Å². The van der Waals surface area contributed by atoms with Crippen molar-refractivity contribution < 1.29 is 17.9 Å². The Morgan fingerprint density at radius 3 is 2.14 bits per heavy atom. The van der Waals surface area contributed by atoms with Crippen molar-refractivity contribution in [2.24, 2.45) is 0 Å². The third-order valence-corrected chi connectivity index (χ3v) is 7.81. The molecule has 6 nitrogen and oxygen atoms in total. The molecule has 1 N–H and O–H groups in total. The molecule has 1 amide bonds. The number of anilines is 1. The van der Waals surface area contributed by atoms with Gasteiger partial charge < -0.3 is 10.1 Å². The van der Waals surface area contributed by atoms with Crippen molar-refractivity contribution in [2.45, 2.75) is 51.5 Å². The fourth-order valence-corrected chi connectivity index (χ4v) is 5.47. The van der Waals surface area contributed by atoms with Gasteiger partial charge >= 0.3 is 0 Å². The van der Waals surface area contributed by atoms with Crippen LogP contribution in [0.1, 0.15) is 55.0 Å². The maximum atomic E-state index is 13.5. The molecule has 0 spiro atoms. The van der Waals surface area contributed by atoms with Crippen molar-refractivity contribution in [3.05, 3.63) is 89.0 Å². The zero-order valence-electron chi connectivity index (χ0n) is 21.2. The lowest BCUT2D eigenvalue weighted by Crippen LogP contribution is -2.41. The molecular formula is C28H34N2O4S. The highest BCUT2D eigenvalue weighted by Gasteiger charge is 2.28. The van der Waals surface area contributed by atoms with Gasteiger partial charge in [-0.25, -0.2) is 8.42 Å². The topological polar surface area (TPSA) is 75.7 Å². The molecule has 3 aromatic carbocycles. The number of carbonyl (C=O) groups excluding carboxylic acids is 1. The zero-order chi connectivity index (χ0) is 25.8. The third kappa shape index (κ3) is 6.03. The van der Waals surface area contributed by atoms with E-state index >= 15 is 0 Å². The standard InChI is InChI=1S/C28H34N2O4S/c1-19(2)25-17-26(21(4)16-27(25)34-6)22(5)29-28(31)18-30(23-10-8-7-9-11-23)35(32,33)24-14-12-20(3)13-15-24/h7-17,19,22H,18H2,1-6H3,(H,29,31). The number of nitrogens with zero attached hydrogens (tertiary/aromatic N) is 1. The van der Waals surface area contributed by atoms with Crippen LogP contribution in [0.25, 0.3) is 0 Å². The molecule has 0 bridgehead atoms. The van der Waals surface area contributed by atoms with E-state index in [9.17, 15) is 13.2 Å². The second kappa shape index (κ2) is 11.0. The summed E-state index contributed by atoms with van der Waals surface area (Å²) in [5.74, 6) is 0.679. The van der Waals surface area contributed by atoms with E-state index in [0.29, 0.717) is 5.69 Å². The number of carbonyl (C=O) groups is 1. The van der Waals surface area contributed by atoms with E-state index in [-0.39, 0.29) is 23.4 Å². The minimum Gasteiger partial charge on any atom is -0.496 e. The fourth-order valence-electron chi connectivity index (χ4n) is 4.05. The molecule has 0 fully saturated rings. The molecule has 35 heavy (non-hydrogen) atoms. The highest BCUT2D eigenvalue weighted by molar-refractivity contribution is 7.92. The zero-order valence-corrected chi connectivity index (χ0v) is 22.0. The largest absolute Gasteiger partial charge is 0.496 e. The maximum Gasteiger partial charge on any atom is 0.264 e. The van der Waals surface area contributed by atoms with Crippen molar-refractivity contribution in [1.82, 2.24) is 5.32 Å².